The number of aliphatic imine (C=N–C) groups is 1. The maximum absolute atomic E-state index is 10.8. The van der Waals surface area contributed by atoms with Gasteiger partial charge in [0.15, 0.2) is 5.96 Å². The van der Waals surface area contributed by atoms with E-state index in [0.29, 0.717) is 26.2 Å². The fourth-order valence-corrected chi connectivity index (χ4v) is 1.91. The quantitative estimate of drug-likeness (QED) is 0.314. The van der Waals surface area contributed by atoms with Crippen molar-refractivity contribution in [3.8, 4) is 0 Å². The van der Waals surface area contributed by atoms with Gasteiger partial charge in [0.25, 0.3) is 0 Å². The van der Waals surface area contributed by atoms with Crippen LogP contribution in [0, 0.1) is 0 Å². The number of hydrogen-bond donors (Lipinski definition) is 3. The molecule has 1 fully saturated rings. The van der Waals surface area contributed by atoms with Crippen molar-refractivity contribution < 1.29 is 14.3 Å². The van der Waals surface area contributed by atoms with Crippen LogP contribution in [0.4, 0.5) is 0 Å². The summed E-state index contributed by atoms with van der Waals surface area (Å²) in [7, 11) is 0. The second-order valence-corrected chi connectivity index (χ2v) is 4.88. The lowest BCUT2D eigenvalue weighted by molar-refractivity contribution is -0.118. The first-order chi connectivity index (χ1) is 10.2. The second kappa shape index (κ2) is 11.3. The van der Waals surface area contributed by atoms with E-state index in [9.17, 15) is 4.79 Å². The number of carbonyl (C=O) groups is 1. The molecule has 7 heteroatoms. The minimum atomic E-state index is -0.0215. The number of nitrogens with zero attached hydrogens (tertiary/aromatic N) is 1. The summed E-state index contributed by atoms with van der Waals surface area (Å²) in [5.41, 5.74) is 0. The van der Waals surface area contributed by atoms with Gasteiger partial charge in [-0.05, 0) is 19.8 Å². The molecule has 0 aromatic heterocycles. The summed E-state index contributed by atoms with van der Waals surface area (Å²) in [5, 5.41) is 9.07. The molecule has 1 amide bonds. The van der Waals surface area contributed by atoms with Crippen LogP contribution in [0.3, 0.4) is 0 Å². The van der Waals surface area contributed by atoms with E-state index in [1.54, 1.807) is 0 Å². The Kier molecular flexibility index (Phi) is 9.56. The van der Waals surface area contributed by atoms with Crippen molar-refractivity contribution in [3.05, 3.63) is 0 Å². The average molecular weight is 300 g/mol. The minimum Gasteiger partial charge on any atom is -0.379 e. The highest BCUT2D eigenvalue weighted by atomic mass is 16.5. The number of hydrogen-bond acceptors (Lipinski definition) is 4. The highest BCUT2D eigenvalue weighted by Crippen LogP contribution is 2.07. The van der Waals surface area contributed by atoms with Gasteiger partial charge in [0, 0.05) is 46.3 Å². The molecule has 7 nitrogen and oxygen atoms in total. The Morgan fingerprint density at radius 3 is 2.81 bits per heavy atom. The zero-order chi connectivity index (χ0) is 15.3. The molecule has 1 aliphatic heterocycles. The number of rotatable bonds is 9. The van der Waals surface area contributed by atoms with E-state index in [2.05, 4.69) is 20.9 Å². The van der Waals surface area contributed by atoms with Gasteiger partial charge in [-0.3, -0.25) is 9.79 Å². The highest BCUT2D eigenvalue weighted by molar-refractivity contribution is 5.79. The summed E-state index contributed by atoms with van der Waals surface area (Å²) in [6, 6.07) is 0. The zero-order valence-electron chi connectivity index (χ0n) is 13.1. The van der Waals surface area contributed by atoms with Crippen LogP contribution in [0.5, 0.6) is 0 Å². The Morgan fingerprint density at radius 2 is 2.14 bits per heavy atom. The Balaban J connectivity index is 2.10. The maximum Gasteiger partial charge on any atom is 0.216 e. The maximum atomic E-state index is 10.8. The Bertz CT molecular complexity index is 317. The average Bonchev–Trinajstić information content (AvgIpc) is 2.96. The molecule has 1 heterocycles. The third-order valence-corrected chi connectivity index (χ3v) is 2.95. The molecule has 0 spiro atoms. The van der Waals surface area contributed by atoms with Crippen LogP contribution < -0.4 is 16.0 Å². The van der Waals surface area contributed by atoms with Crippen LogP contribution in [0.25, 0.3) is 0 Å². The predicted octanol–water partition coefficient (Wildman–Crippen LogP) is -0.127. The van der Waals surface area contributed by atoms with Gasteiger partial charge in [-0.1, -0.05) is 0 Å². The standard InChI is InChI=1S/C14H28N4O3/c1-3-15-14(18-8-7-16-12(2)19)17-6-4-9-21-13-5-10-20-11-13/h13H,3-11H2,1-2H3,(H,16,19)(H2,15,17,18). The molecular weight excluding hydrogens is 272 g/mol. The molecule has 1 atom stereocenters. The normalized spacial score (nSPS) is 18.6. The summed E-state index contributed by atoms with van der Waals surface area (Å²) >= 11 is 0. The Hall–Kier alpha value is -1.34. The van der Waals surface area contributed by atoms with E-state index < -0.39 is 0 Å². The summed E-state index contributed by atoms with van der Waals surface area (Å²) < 4.78 is 10.9. The van der Waals surface area contributed by atoms with Crippen LogP contribution in [0.2, 0.25) is 0 Å². The van der Waals surface area contributed by atoms with Gasteiger partial charge >= 0.3 is 0 Å². The van der Waals surface area contributed by atoms with E-state index in [0.717, 1.165) is 38.6 Å². The summed E-state index contributed by atoms with van der Waals surface area (Å²) in [5.74, 6) is 0.749. The van der Waals surface area contributed by atoms with Gasteiger partial charge < -0.3 is 25.4 Å². The lowest BCUT2D eigenvalue weighted by Gasteiger charge is -2.12. The fourth-order valence-electron chi connectivity index (χ4n) is 1.91. The third-order valence-electron chi connectivity index (χ3n) is 2.95. The fraction of sp³-hybridized carbons (Fsp3) is 0.857. The summed E-state index contributed by atoms with van der Waals surface area (Å²) in [6.45, 7) is 8.53. The molecule has 122 valence electrons. The second-order valence-electron chi connectivity index (χ2n) is 4.88. The third kappa shape index (κ3) is 9.25. The lowest BCUT2D eigenvalue weighted by atomic mass is 10.3. The van der Waals surface area contributed by atoms with Gasteiger partial charge in [0.05, 0.1) is 12.7 Å². The largest absolute Gasteiger partial charge is 0.379 e. The number of guanidine groups is 1. The van der Waals surface area contributed by atoms with Crippen molar-refractivity contribution in [1.29, 1.82) is 0 Å². The highest BCUT2D eigenvalue weighted by Gasteiger charge is 2.15. The molecule has 0 aromatic rings. The first-order valence-electron chi connectivity index (χ1n) is 7.68. The van der Waals surface area contributed by atoms with E-state index in [1.165, 1.54) is 6.92 Å². The molecular formula is C14H28N4O3. The molecule has 0 radical (unpaired) electrons. The van der Waals surface area contributed by atoms with Crippen LogP contribution in [-0.4, -0.2) is 64.0 Å². The molecule has 1 unspecified atom stereocenters. The zero-order valence-corrected chi connectivity index (χ0v) is 13.1. The summed E-state index contributed by atoms with van der Waals surface area (Å²) in [4.78, 5) is 15.2. The van der Waals surface area contributed by atoms with Gasteiger partial charge in [-0.15, -0.1) is 0 Å². The first kappa shape index (κ1) is 17.7. The van der Waals surface area contributed by atoms with Crippen LogP contribution >= 0.6 is 0 Å². The van der Waals surface area contributed by atoms with Crippen LogP contribution in [0.1, 0.15) is 26.7 Å². The van der Waals surface area contributed by atoms with Gasteiger partial charge in [-0.25, -0.2) is 0 Å². The van der Waals surface area contributed by atoms with E-state index in [4.69, 9.17) is 9.47 Å². The number of carbonyl (C=O) groups excluding carboxylic acids is 1. The topological polar surface area (TPSA) is 84.0 Å². The number of ether oxygens (including phenoxy) is 2. The molecule has 1 aliphatic rings. The first-order valence-corrected chi connectivity index (χ1v) is 7.68. The van der Waals surface area contributed by atoms with Gasteiger partial charge in [0.1, 0.15) is 0 Å². The molecule has 0 bridgehead atoms. The Morgan fingerprint density at radius 1 is 1.33 bits per heavy atom. The smallest absolute Gasteiger partial charge is 0.216 e. The van der Waals surface area contributed by atoms with Crippen molar-refractivity contribution in [2.75, 3.05) is 46.0 Å². The number of amides is 1. The predicted molar refractivity (Wildman–Crippen MR) is 82.5 cm³/mol. The van der Waals surface area contributed by atoms with Crippen molar-refractivity contribution in [3.63, 3.8) is 0 Å². The molecule has 0 aliphatic carbocycles. The van der Waals surface area contributed by atoms with Crippen molar-refractivity contribution in [1.82, 2.24) is 16.0 Å². The lowest BCUT2D eigenvalue weighted by Crippen LogP contribution is -2.41. The molecule has 0 saturated carbocycles. The van der Waals surface area contributed by atoms with Gasteiger partial charge in [-0.2, -0.15) is 0 Å². The molecule has 1 saturated heterocycles. The van der Waals surface area contributed by atoms with Crippen LogP contribution in [-0.2, 0) is 14.3 Å². The van der Waals surface area contributed by atoms with Crippen LogP contribution in [0.15, 0.2) is 4.99 Å². The SMILES string of the molecule is CCNC(=NCCCOC1CCOC1)NCCNC(C)=O. The molecule has 21 heavy (non-hydrogen) atoms. The monoisotopic (exact) mass is 300 g/mol. The molecule has 1 rings (SSSR count). The number of nitrogens with one attached hydrogen (secondary N) is 3. The van der Waals surface area contributed by atoms with E-state index >= 15 is 0 Å². The van der Waals surface area contributed by atoms with E-state index in [1.807, 2.05) is 6.92 Å². The Labute approximate surface area is 126 Å². The van der Waals surface area contributed by atoms with Crippen molar-refractivity contribution >= 4 is 11.9 Å². The molecule has 0 aromatic carbocycles. The minimum absolute atomic E-state index is 0.0215. The van der Waals surface area contributed by atoms with Crippen molar-refractivity contribution in [2.45, 2.75) is 32.8 Å². The molecule has 3 N–H and O–H groups in total. The van der Waals surface area contributed by atoms with Gasteiger partial charge in [0.2, 0.25) is 5.91 Å². The summed E-state index contributed by atoms with van der Waals surface area (Å²) in [6.07, 6.45) is 2.15. The van der Waals surface area contributed by atoms with E-state index in [-0.39, 0.29) is 12.0 Å². The van der Waals surface area contributed by atoms with Crippen molar-refractivity contribution in [2.24, 2.45) is 4.99 Å².